The standard InChI is InChI=1S/C19H16FNO2/c1-22-17-8-5-11-21-19(17)16-10-9-15(20)12-18(16)23-13-14-6-3-2-4-7-14/h2-12H,13H2,1H3. The van der Waals surface area contributed by atoms with Gasteiger partial charge in [0.25, 0.3) is 0 Å². The molecule has 0 saturated carbocycles. The molecule has 3 aromatic rings. The summed E-state index contributed by atoms with van der Waals surface area (Å²) in [5.41, 5.74) is 2.33. The Kier molecular flexibility index (Phi) is 4.52. The fourth-order valence-electron chi connectivity index (χ4n) is 2.30. The lowest BCUT2D eigenvalue weighted by Gasteiger charge is -2.13. The molecule has 0 aliphatic heterocycles. The van der Waals surface area contributed by atoms with Crippen molar-refractivity contribution < 1.29 is 13.9 Å². The molecule has 0 radical (unpaired) electrons. The summed E-state index contributed by atoms with van der Waals surface area (Å²) < 4.78 is 24.8. The fourth-order valence-corrected chi connectivity index (χ4v) is 2.30. The number of nitrogens with zero attached hydrogens (tertiary/aromatic N) is 1. The molecule has 0 aliphatic rings. The van der Waals surface area contributed by atoms with Crippen molar-refractivity contribution >= 4 is 0 Å². The second kappa shape index (κ2) is 6.92. The zero-order chi connectivity index (χ0) is 16.1. The normalized spacial score (nSPS) is 10.3. The maximum atomic E-state index is 13.6. The van der Waals surface area contributed by atoms with Crippen LogP contribution in [0.15, 0.2) is 66.9 Å². The van der Waals surface area contributed by atoms with Crippen molar-refractivity contribution in [1.29, 1.82) is 0 Å². The monoisotopic (exact) mass is 309 g/mol. The van der Waals surface area contributed by atoms with Crippen molar-refractivity contribution in [3.63, 3.8) is 0 Å². The minimum absolute atomic E-state index is 0.354. The third kappa shape index (κ3) is 3.48. The van der Waals surface area contributed by atoms with Crippen LogP contribution in [0.5, 0.6) is 11.5 Å². The molecule has 0 unspecified atom stereocenters. The van der Waals surface area contributed by atoms with E-state index in [2.05, 4.69) is 4.98 Å². The third-order valence-corrected chi connectivity index (χ3v) is 3.43. The van der Waals surface area contributed by atoms with Gasteiger partial charge in [0.1, 0.15) is 29.6 Å². The molecule has 0 amide bonds. The second-order valence-electron chi connectivity index (χ2n) is 4.97. The van der Waals surface area contributed by atoms with E-state index in [1.165, 1.54) is 12.1 Å². The van der Waals surface area contributed by atoms with Gasteiger partial charge in [-0.3, -0.25) is 4.98 Å². The molecule has 0 spiro atoms. The average molecular weight is 309 g/mol. The Bertz CT molecular complexity index is 790. The highest BCUT2D eigenvalue weighted by atomic mass is 19.1. The van der Waals surface area contributed by atoms with Crippen molar-refractivity contribution in [2.75, 3.05) is 7.11 Å². The summed E-state index contributed by atoms with van der Waals surface area (Å²) >= 11 is 0. The van der Waals surface area contributed by atoms with Gasteiger partial charge in [-0.05, 0) is 29.8 Å². The first-order chi connectivity index (χ1) is 11.3. The van der Waals surface area contributed by atoms with E-state index in [4.69, 9.17) is 9.47 Å². The van der Waals surface area contributed by atoms with Crippen LogP contribution in [-0.2, 0) is 6.61 Å². The molecule has 3 nitrogen and oxygen atoms in total. The number of pyridine rings is 1. The summed E-state index contributed by atoms with van der Waals surface area (Å²) in [6, 6.07) is 17.7. The van der Waals surface area contributed by atoms with Crippen LogP contribution in [0.25, 0.3) is 11.3 Å². The first-order valence-electron chi connectivity index (χ1n) is 7.23. The van der Waals surface area contributed by atoms with E-state index in [9.17, 15) is 4.39 Å². The van der Waals surface area contributed by atoms with E-state index >= 15 is 0 Å². The first-order valence-corrected chi connectivity index (χ1v) is 7.23. The van der Waals surface area contributed by atoms with Crippen LogP contribution < -0.4 is 9.47 Å². The van der Waals surface area contributed by atoms with Crippen molar-refractivity contribution in [2.24, 2.45) is 0 Å². The lowest BCUT2D eigenvalue weighted by molar-refractivity contribution is 0.305. The molecule has 4 heteroatoms. The van der Waals surface area contributed by atoms with Crippen LogP contribution in [0.1, 0.15) is 5.56 Å². The summed E-state index contributed by atoms with van der Waals surface area (Å²) in [6.07, 6.45) is 1.67. The molecule has 0 N–H and O–H groups in total. The summed E-state index contributed by atoms with van der Waals surface area (Å²) in [4.78, 5) is 4.34. The Morgan fingerprint density at radius 1 is 0.957 bits per heavy atom. The van der Waals surface area contributed by atoms with E-state index < -0.39 is 0 Å². The lowest BCUT2D eigenvalue weighted by atomic mass is 10.1. The van der Waals surface area contributed by atoms with Gasteiger partial charge in [-0.25, -0.2) is 4.39 Å². The van der Waals surface area contributed by atoms with Crippen molar-refractivity contribution in [3.05, 3.63) is 78.2 Å². The highest BCUT2D eigenvalue weighted by molar-refractivity contribution is 5.72. The first kappa shape index (κ1) is 15.0. The Balaban J connectivity index is 1.95. The maximum Gasteiger partial charge on any atom is 0.145 e. The van der Waals surface area contributed by atoms with Crippen LogP contribution in [0, 0.1) is 5.82 Å². The molecule has 1 aromatic heterocycles. The highest BCUT2D eigenvalue weighted by Gasteiger charge is 2.13. The number of benzene rings is 2. The minimum atomic E-state index is -0.355. The summed E-state index contributed by atoms with van der Waals surface area (Å²) in [5, 5.41) is 0. The largest absolute Gasteiger partial charge is 0.494 e. The molecular formula is C19H16FNO2. The zero-order valence-corrected chi connectivity index (χ0v) is 12.7. The molecule has 1 heterocycles. The van der Waals surface area contributed by atoms with Gasteiger partial charge in [-0.15, -0.1) is 0 Å². The van der Waals surface area contributed by atoms with Gasteiger partial charge in [-0.2, -0.15) is 0 Å². The highest BCUT2D eigenvalue weighted by Crippen LogP contribution is 2.35. The summed E-state index contributed by atoms with van der Waals surface area (Å²) in [7, 11) is 1.58. The van der Waals surface area contributed by atoms with Crippen molar-refractivity contribution in [3.8, 4) is 22.8 Å². The van der Waals surface area contributed by atoms with Gasteiger partial charge in [0, 0.05) is 17.8 Å². The molecule has 23 heavy (non-hydrogen) atoms. The Morgan fingerprint density at radius 3 is 2.57 bits per heavy atom. The summed E-state index contributed by atoms with van der Waals surface area (Å²) in [6.45, 7) is 0.354. The smallest absolute Gasteiger partial charge is 0.145 e. The van der Waals surface area contributed by atoms with Gasteiger partial charge in [0.05, 0.1) is 7.11 Å². The fraction of sp³-hybridized carbons (Fsp3) is 0.105. The lowest BCUT2D eigenvalue weighted by Crippen LogP contribution is -1.99. The van der Waals surface area contributed by atoms with Gasteiger partial charge in [0.2, 0.25) is 0 Å². The van der Waals surface area contributed by atoms with Crippen molar-refractivity contribution in [2.45, 2.75) is 6.61 Å². The van der Waals surface area contributed by atoms with E-state index in [1.807, 2.05) is 36.4 Å². The Labute approximate surface area is 134 Å². The maximum absolute atomic E-state index is 13.6. The molecule has 0 aliphatic carbocycles. The Morgan fingerprint density at radius 2 is 1.78 bits per heavy atom. The molecule has 0 atom stereocenters. The van der Waals surface area contributed by atoms with Gasteiger partial charge < -0.3 is 9.47 Å². The van der Waals surface area contributed by atoms with Crippen LogP contribution in [-0.4, -0.2) is 12.1 Å². The molecule has 0 bridgehead atoms. The topological polar surface area (TPSA) is 31.4 Å². The number of ether oxygens (including phenoxy) is 2. The minimum Gasteiger partial charge on any atom is -0.494 e. The number of methoxy groups -OCH3 is 1. The Hall–Kier alpha value is -2.88. The molecular weight excluding hydrogens is 293 g/mol. The molecule has 3 rings (SSSR count). The van der Waals surface area contributed by atoms with Gasteiger partial charge >= 0.3 is 0 Å². The van der Waals surface area contributed by atoms with E-state index in [1.54, 1.807) is 25.4 Å². The SMILES string of the molecule is COc1cccnc1-c1ccc(F)cc1OCc1ccccc1. The molecule has 116 valence electrons. The van der Waals surface area contributed by atoms with Crippen LogP contribution >= 0.6 is 0 Å². The average Bonchev–Trinajstić information content (AvgIpc) is 2.61. The van der Waals surface area contributed by atoms with Crippen molar-refractivity contribution in [1.82, 2.24) is 4.98 Å². The number of aromatic nitrogens is 1. The number of hydrogen-bond donors (Lipinski definition) is 0. The van der Waals surface area contributed by atoms with Gasteiger partial charge in [-0.1, -0.05) is 30.3 Å². The van der Waals surface area contributed by atoms with Crippen LogP contribution in [0.3, 0.4) is 0 Å². The molecule has 0 fully saturated rings. The third-order valence-electron chi connectivity index (χ3n) is 3.43. The number of rotatable bonds is 5. The summed E-state index contributed by atoms with van der Waals surface area (Å²) in [5.74, 6) is 0.696. The van der Waals surface area contributed by atoms with E-state index in [0.717, 1.165) is 5.56 Å². The molecule has 2 aromatic carbocycles. The van der Waals surface area contributed by atoms with Gasteiger partial charge in [0.15, 0.2) is 0 Å². The predicted octanol–water partition coefficient (Wildman–Crippen LogP) is 4.48. The zero-order valence-electron chi connectivity index (χ0n) is 12.7. The second-order valence-corrected chi connectivity index (χ2v) is 4.97. The van der Waals surface area contributed by atoms with Crippen LogP contribution in [0.4, 0.5) is 4.39 Å². The molecule has 0 saturated heterocycles. The quantitative estimate of drug-likeness (QED) is 0.696. The number of halogens is 1. The number of hydrogen-bond acceptors (Lipinski definition) is 3. The predicted molar refractivity (Wildman–Crippen MR) is 87.0 cm³/mol. The van der Waals surface area contributed by atoms with E-state index in [-0.39, 0.29) is 5.82 Å². The van der Waals surface area contributed by atoms with E-state index in [0.29, 0.717) is 29.4 Å². The van der Waals surface area contributed by atoms with Crippen LogP contribution in [0.2, 0.25) is 0 Å².